The Bertz CT molecular complexity index is 904. The van der Waals surface area contributed by atoms with E-state index >= 15 is 0 Å². The molecule has 29 heavy (non-hydrogen) atoms. The average Bonchev–Trinajstić information content (AvgIpc) is 3.47. The lowest BCUT2D eigenvalue weighted by Gasteiger charge is -2.39. The normalized spacial score (nSPS) is 18.0. The molecule has 0 atom stereocenters. The zero-order valence-corrected chi connectivity index (χ0v) is 16.2. The van der Waals surface area contributed by atoms with Crippen LogP contribution < -0.4 is 0 Å². The number of rotatable bonds is 5. The Balaban J connectivity index is 1.26. The number of carboxylic acid groups (broad SMARTS) is 1. The number of ether oxygens (including phenoxy) is 1. The number of benzene rings is 2. The molecule has 5 rings (SSSR count). The molecule has 1 saturated carbocycles. The average molecular weight is 392 g/mol. The molecule has 2 aliphatic carbocycles. The van der Waals surface area contributed by atoms with Crippen molar-refractivity contribution < 1.29 is 19.4 Å². The minimum Gasteiger partial charge on any atom is -0.465 e. The molecule has 1 saturated heterocycles. The molecule has 2 aromatic rings. The number of carbonyl (C=O) groups excluding carboxylic acids is 1. The van der Waals surface area contributed by atoms with Gasteiger partial charge in [-0.2, -0.15) is 0 Å². The summed E-state index contributed by atoms with van der Waals surface area (Å²) in [5, 5.41) is 9.00. The molecule has 0 spiro atoms. The van der Waals surface area contributed by atoms with Gasteiger partial charge in [0.25, 0.3) is 0 Å². The van der Waals surface area contributed by atoms with Crippen molar-refractivity contribution in [2.45, 2.75) is 24.8 Å². The molecule has 0 unspecified atom stereocenters. The summed E-state index contributed by atoms with van der Waals surface area (Å²) in [7, 11) is 0. The van der Waals surface area contributed by atoms with Gasteiger partial charge in [-0.05, 0) is 35.1 Å². The van der Waals surface area contributed by atoms with Gasteiger partial charge in [-0.3, -0.25) is 0 Å². The van der Waals surface area contributed by atoms with Gasteiger partial charge in [0.1, 0.15) is 6.61 Å². The lowest BCUT2D eigenvalue weighted by atomic mass is 9.98. The molecule has 2 amide bonds. The van der Waals surface area contributed by atoms with Gasteiger partial charge in [0, 0.05) is 37.5 Å². The summed E-state index contributed by atoms with van der Waals surface area (Å²) in [6.07, 6.45) is 0.836. The number of likely N-dealkylation sites (tertiary alicyclic amines) is 1. The SMILES string of the molecule is O=C(O)N1CC(CN(C(=O)OCC2c3ccccc3-c3ccccc32)C2CC2)C1. The second-order valence-electron chi connectivity index (χ2n) is 8.24. The fraction of sp³-hybridized carbons (Fsp3) is 0.391. The third kappa shape index (κ3) is 3.33. The molecular weight excluding hydrogens is 368 g/mol. The summed E-state index contributed by atoms with van der Waals surface area (Å²) in [5.41, 5.74) is 4.84. The molecule has 2 fully saturated rings. The van der Waals surface area contributed by atoms with E-state index < -0.39 is 6.09 Å². The van der Waals surface area contributed by atoms with Crippen LogP contribution in [-0.2, 0) is 4.74 Å². The van der Waals surface area contributed by atoms with Crippen LogP contribution in [0.3, 0.4) is 0 Å². The fourth-order valence-electron chi connectivity index (χ4n) is 4.56. The van der Waals surface area contributed by atoms with Crippen LogP contribution in [0.25, 0.3) is 11.1 Å². The van der Waals surface area contributed by atoms with Gasteiger partial charge in [0.2, 0.25) is 0 Å². The highest BCUT2D eigenvalue weighted by Crippen LogP contribution is 2.44. The van der Waals surface area contributed by atoms with E-state index in [1.807, 2.05) is 29.2 Å². The van der Waals surface area contributed by atoms with Gasteiger partial charge in [-0.25, -0.2) is 9.59 Å². The van der Waals surface area contributed by atoms with E-state index in [1.165, 1.54) is 27.2 Å². The number of nitrogens with zero attached hydrogens (tertiary/aromatic N) is 2. The van der Waals surface area contributed by atoms with E-state index in [9.17, 15) is 9.59 Å². The van der Waals surface area contributed by atoms with E-state index in [4.69, 9.17) is 9.84 Å². The molecule has 1 heterocycles. The van der Waals surface area contributed by atoms with Crippen LogP contribution in [0, 0.1) is 5.92 Å². The minimum absolute atomic E-state index is 0.0543. The molecule has 1 N–H and O–H groups in total. The zero-order valence-electron chi connectivity index (χ0n) is 16.2. The van der Waals surface area contributed by atoms with E-state index in [0.717, 1.165) is 12.8 Å². The minimum atomic E-state index is -0.889. The molecule has 3 aliphatic rings. The van der Waals surface area contributed by atoms with Gasteiger partial charge < -0.3 is 19.6 Å². The third-order valence-corrected chi connectivity index (χ3v) is 6.24. The summed E-state index contributed by atoms with van der Waals surface area (Å²) in [6, 6.07) is 16.8. The van der Waals surface area contributed by atoms with Crippen molar-refractivity contribution in [3.05, 3.63) is 59.7 Å². The monoisotopic (exact) mass is 392 g/mol. The summed E-state index contributed by atoms with van der Waals surface area (Å²) in [4.78, 5) is 27.0. The highest BCUT2D eigenvalue weighted by atomic mass is 16.6. The molecule has 6 heteroatoms. The molecule has 150 valence electrons. The lowest BCUT2D eigenvalue weighted by Crippen LogP contribution is -2.54. The number of hydrogen-bond donors (Lipinski definition) is 1. The van der Waals surface area contributed by atoms with Gasteiger partial charge in [0.05, 0.1) is 0 Å². The Morgan fingerprint density at radius 3 is 2.14 bits per heavy atom. The molecule has 6 nitrogen and oxygen atoms in total. The Morgan fingerprint density at radius 2 is 1.59 bits per heavy atom. The van der Waals surface area contributed by atoms with Crippen LogP contribution in [0.1, 0.15) is 29.9 Å². The van der Waals surface area contributed by atoms with Crippen molar-refractivity contribution in [1.82, 2.24) is 9.80 Å². The van der Waals surface area contributed by atoms with Gasteiger partial charge in [-0.15, -0.1) is 0 Å². The molecule has 0 aromatic heterocycles. The second kappa shape index (κ2) is 7.10. The van der Waals surface area contributed by atoms with Crippen LogP contribution >= 0.6 is 0 Å². The first kappa shape index (κ1) is 18.0. The highest BCUT2D eigenvalue weighted by molar-refractivity contribution is 5.79. The summed E-state index contributed by atoms with van der Waals surface area (Å²) >= 11 is 0. The van der Waals surface area contributed by atoms with Gasteiger partial charge in [-0.1, -0.05) is 48.5 Å². The van der Waals surface area contributed by atoms with Crippen molar-refractivity contribution in [2.75, 3.05) is 26.2 Å². The fourth-order valence-corrected chi connectivity index (χ4v) is 4.56. The molecule has 1 aliphatic heterocycles. The second-order valence-corrected chi connectivity index (χ2v) is 8.24. The van der Waals surface area contributed by atoms with Crippen molar-refractivity contribution in [1.29, 1.82) is 0 Å². The summed E-state index contributed by atoms with van der Waals surface area (Å²) in [5.74, 6) is 0.255. The van der Waals surface area contributed by atoms with Crippen LogP contribution in [0.4, 0.5) is 9.59 Å². The molecule has 2 aromatic carbocycles. The van der Waals surface area contributed by atoms with Crippen LogP contribution in [0.5, 0.6) is 0 Å². The quantitative estimate of drug-likeness (QED) is 0.835. The van der Waals surface area contributed by atoms with E-state index in [1.54, 1.807) is 0 Å². The summed E-state index contributed by atoms with van der Waals surface area (Å²) < 4.78 is 5.80. The molecular formula is C23H24N2O4. The first-order valence-corrected chi connectivity index (χ1v) is 10.2. The highest BCUT2D eigenvalue weighted by Gasteiger charge is 2.39. The largest absolute Gasteiger partial charge is 0.465 e. The van der Waals surface area contributed by atoms with Crippen LogP contribution in [0.15, 0.2) is 48.5 Å². The first-order chi connectivity index (χ1) is 14.1. The first-order valence-electron chi connectivity index (χ1n) is 10.2. The van der Waals surface area contributed by atoms with Gasteiger partial charge in [0.15, 0.2) is 0 Å². The smallest absolute Gasteiger partial charge is 0.410 e. The number of fused-ring (bicyclic) bond motifs is 3. The number of amides is 2. The predicted molar refractivity (Wildman–Crippen MR) is 108 cm³/mol. The van der Waals surface area contributed by atoms with E-state index in [2.05, 4.69) is 24.3 Å². The predicted octanol–water partition coefficient (Wildman–Crippen LogP) is 4.01. The van der Waals surface area contributed by atoms with Crippen LogP contribution in [-0.4, -0.2) is 59.4 Å². The van der Waals surface area contributed by atoms with Crippen molar-refractivity contribution in [3.8, 4) is 11.1 Å². The number of hydrogen-bond acceptors (Lipinski definition) is 3. The standard InChI is InChI=1S/C23H24N2O4/c26-22(27)24-11-15(12-24)13-25(16-9-10-16)23(28)29-14-21-19-7-3-1-5-17(19)18-6-2-4-8-20(18)21/h1-8,15-16,21H,9-14H2,(H,26,27). The van der Waals surface area contributed by atoms with E-state index in [-0.39, 0.29) is 24.0 Å². The lowest BCUT2D eigenvalue weighted by molar-refractivity contribution is 0.0498. The Hall–Kier alpha value is -3.02. The van der Waals surface area contributed by atoms with Crippen molar-refractivity contribution >= 4 is 12.2 Å². The number of carbonyl (C=O) groups is 2. The maximum atomic E-state index is 12.9. The van der Waals surface area contributed by atoms with Gasteiger partial charge >= 0.3 is 12.2 Å². The zero-order chi connectivity index (χ0) is 20.0. The topological polar surface area (TPSA) is 70.1 Å². The van der Waals surface area contributed by atoms with Crippen molar-refractivity contribution in [3.63, 3.8) is 0 Å². The third-order valence-electron chi connectivity index (χ3n) is 6.24. The Labute approximate surface area is 169 Å². The molecule has 0 radical (unpaired) electrons. The maximum absolute atomic E-state index is 12.9. The van der Waals surface area contributed by atoms with Crippen LogP contribution in [0.2, 0.25) is 0 Å². The maximum Gasteiger partial charge on any atom is 0.410 e. The molecule has 0 bridgehead atoms. The Kier molecular flexibility index (Phi) is 4.42. The Morgan fingerprint density at radius 1 is 1.00 bits per heavy atom. The van der Waals surface area contributed by atoms with Crippen molar-refractivity contribution in [2.24, 2.45) is 5.92 Å². The summed E-state index contributed by atoms with van der Waals surface area (Å²) in [6.45, 7) is 1.89. The van der Waals surface area contributed by atoms with E-state index in [0.29, 0.717) is 26.2 Å².